The van der Waals surface area contributed by atoms with Gasteiger partial charge in [-0.25, -0.2) is 0 Å². The molecule has 1 aliphatic heterocycles. The van der Waals surface area contributed by atoms with E-state index >= 15 is 0 Å². The number of rotatable bonds is 4. The highest BCUT2D eigenvalue weighted by atomic mass is 35.5. The summed E-state index contributed by atoms with van der Waals surface area (Å²) in [7, 11) is 0. The molecule has 6 nitrogen and oxygen atoms in total. The van der Waals surface area contributed by atoms with Gasteiger partial charge in [-0.15, -0.1) is 10.2 Å². The van der Waals surface area contributed by atoms with Gasteiger partial charge in [-0.2, -0.15) is 4.98 Å². The van der Waals surface area contributed by atoms with Crippen molar-refractivity contribution < 1.29 is 4.52 Å². The van der Waals surface area contributed by atoms with Crippen molar-refractivity contribution in [2.45, 2.75) is 38.6 Å². The summed E-state index contributed by atoms with van der Waals surface area (Å²) in [4.78, 5) is 6.78. The molecule has 130 valence electrons. The van der Waals surface area contributed by atoms with Crippen molar-refractivity contribution in [3.05, 3.63) is 41.0 Å². The van der Waals surface area contributed by atoms with E-state index in [1.165, 1.54) is 0 Å². The maximum Gasteiger partial charge on any atom is 0.229 e. The summed E-state index contributed by atoms with van der Waals surface area (Å²) < 4.78 is 5.38. The van der Waals surface area contributed by atoms with Crippen LogP contribution in [0.15, 0.2) is 28.8 Å². The van der Waals surface area contributed by atoms with Gasteiger partial charge in [0.15, 0.2) is 10.8 Å². The number of hydrogen-bond donors (Lipinski definition) is 0. The topological polar surface area (TPSA) is 67.9 Å². The predicted molar refractivity (Wildman–Crippen MR) is 98.1 cm³/mol. The van der Waals surface area contributed by atoms with Crippen LogP contribution < -0.4 is 4.90 Å². The molecule has 0 spiro atoms. The van der Waals surface area contributed by atoms with E-state index < -0.39 is 0 Å². The monoisotopic (exact) mass is 375 g/mol. The van der Waals surface area contributed by atoms with Crippen LogP contribution in [0.3, 0.4) is 0 Å². The van der Waals surface area contributed by atoms with E-state index in [0.29, 0.717) is 10.9 Å². The summed E-state index contributed by atoms with van der Waals surface area (Å²) in [5.74, 6) is 1.64. The van der Waals surface area contributed by atoms with E-state index in [-0.39, 0.29) is 12.0 Å². The minimum Gasteiger partial charge on any atom is -0.339 e. The lowest BCUT2D eigenvalue weighted by molar-refractivity contribution is 0.358. The Labute approximate surface area is 154 Å². The Hall–Kier alpha value is -1.99. The van der Waals surface area contributed by atoms with Crippen LogP contribution in [0.4, 0.5) is 5.13 Å². The van der Waals surface area contributed by atoms with E-state index in [2.05, 4.69) is 25.2 Å². The van der Waals surface area contributed by atoms with E-state index in [0.717, 1.165) is 40.9 Å². The molecule has 0 N–H and O–H groups in total. The molecule has 0 amide bonds. The molecule has 1 atom stereocenters. The third-order valence-corrected chi connectivity index (χ3v) is 5.59. The van der Waals surface area contributed by atoms with E-state index in [1.54, 1.807) is 11.3 Å². The lowest BCUT2D eigenvalue weighted by Crippen LogP contribution is -2.23. The Morgan fingerprint density at radius 3 is 2.88 bits per heavy atom. The highest BCUT2D eigenvalue weighted by Gasteiger charge is 2.32. The highest BCUT2D eigenvalue weighted by molar-refractivity contribution is 7.18. The Balaban J connectivity index is 1.61. The zero-order chi connectivity index (χ0) is 17.4. The zero-order valence-electron chi connectivity index (χ0n) is 14.0. The number of halogens is 1. The first-order chi connectivity index (χ1) is 12.1. The summed E-state index contributed by atoms with van der Waals surface area (Å²) in [6.45, 7) is 5.00. The Morgan fingerprint density at radius 2 is 2.12 bits per heavy atom. The van der Waals surface area contributed by atoms with E-state index in [1.807, 2.05) is 38.1 Å². The smallest absolute Gasteiger partial charge is 0.229 e. The van der Waals surface area contributed by atoms with Crippen molar-refractivity contribution in [1.29, 1.82) is 0 Å². The van der Waals surface area contributed by atoms with Gasteiger partial charge in [0, 0.05) is 18.0 Å². The maximum absolute atomic E-state index is 6.28. The standard InChI is InChI=1S/C17H18ClN5OS/c1-10(2)15-19-14(22-24-15)13-8-5-9-23(13)17-21-20-16(25-17)11-6-3-4-7-12(11)18/h3-4,6-7,10,13H,5,8-9H2,1-2H3. The highest BCUT2D eigenvalue weighted by Crippen LogP contribution is 2.39. The summed E-state index contributed by atoms with van der Waals surface area (Å²) >= 11 is 7.82. The molecule has 3 heterocycles. The molecule has 2 aromatic heterocycles. The molecule has 1 aliphatic rings. The molecule has 4 rings (SSSR count). The van der Waals surface area contributed by atoms with Crippen molar-refractivity contribution >= 4 is 28.1 Å². The van der Waals surface area contributed by atoms with Gasteiger partial charge < -0.3 is 9.42 Å². The quantitative estimate of drug-likeness (QED) is 0.658. The molecule has 1 fully saturated rings. The first-order valence-electron chi connectivity index (χ1n) is 8.32. The van der Waals surface area contributed by atoms with Crippen LogP contribution in [0.2, 0.25) is 5.02 Å². The minimum absolute atomic E-state index is 0.0864. The van der Waals surface area contributed by atoms with Crippen LogP contribution in [0.1, 0.15) is 50.4 Å². The zero-order valence-corrected chi connectivity index (χ0v) is 15.6. The molecule has 3 aromatic rings. The number of hydrogen-bond acceptors (Lipinski definition) is 7. The second-order valence-electron chi connectivity index (χ2n) is 6.37. The van der Waals surface area contributed by atoms with Crippen molar-refractivity contribution in [3.8, 4) is 10.6 Å². The normalized spacial score (nSPS) is 17.6. The fourth-order valence-corrected chi connectivity index (χ4v) is 4.20. The molecule has 25 heavy (non-hydrogen) atoms. The largest absolute Gasteiger partial charge is 0.339 e. The molecule has 1 aromatic carbocycles. The fraction of sp³-hybridized carbons (Fsp3) is 0.412. The van der Waals surface area contributed by atoms with Crippen LogP contribution in [0, 0.1) is 0 Å². The Bertz CT molecular complexity index is 877. The van der Waals surface area contributed by atoms with Crippen molar-refractivity contribution in [3.63, 3.8) is 0 Å². The van der Waals surface area contributed by atoms with Gasteiger partial charge >= 0.3 is 0 Å². The van der Waals surface area contributed by atoms with Gasteiger partial charge in [0.25, 0.3) is 0 Å². The van der Waals surface area contributed by atoms with Crippen molar-refractivity contribution in [1.82, 2.24) is 20.3 Å². The van der Waals surface area contributed by atoms with Crippen LogP contribution >= 0.6 is 22.9 Å². The second-order valence-corrected chi connectivity index (χ2v) is 7.73. The average molecular weight is 376 g/mol. The van der Waals surface area contributed by atoms with Crippen molar-refractivity contribution in [2.75, 3.05) is 11.4 Å². The first-order valence-corrected chi connectivity index (χ1v) is 9.51. The Kier molecular flexibility index (Phi) is 4.43. The predicted octanol–water partition coefficient (Wildman–Crippen LogP) is 4.71. The summed E-state index contributed by atoms with van der Waals surface area (Å²) in [5.41, 5.74) is 0.908. The molecular weight excluding hydrogens is 358 g/mol. The van der Waals surface area contributed by atoms with Gasteiger partial charge in [-0.05, 0) is 18.9 Å². The first kappa shape index (κ1) is 16.5. The lowest BCUT2D eigenvalue weighted by Gasteiger charge is -2.20. The van der Waals surface area contributed by atoms with Crippen LogP contribution in [0.5, 0.6) is 0 Å². The van der Waals surface area contributed by atoms with Gasteiger partial charge in [0.1, 0.15) is 0 Å². The third kappa shape index (κ3) is 3.14. The average Bonchev–Trinajstić information content (AvgIpc) is 3.33. The van der Waals surface area contributed by atoms with E-state index in [4.69, 9.17) is 16.1 Å². The van der Waals surface area contributed by atoms with Gasteiger partial charge in [0.05, 0.1) is 11.1 Å². The van der Waals surface area contributed by atoms with Crippen LogP contribution in [0.25, 0.3) is 10.6 Å². The molecule has 1 unspecified atom stereocenters. The second kappa shape index (κ2) is 6.72. The molecule has 8 heteroatoms. The molecule has 0 aliphatic carbocycles. The number of anilines is 1. The minimum atomic E-state index is 0.0864. The van der Waals surface area contributed by atoms with Crippen molar-refractivity contribution in [2.24, 2.45) is 0 Å². The Morgan fingerprint density at radius 1 is 1.28 bits per heavy atom. The molecule has 1 saturated heterocycles. The molecule has 0 bridgehead atoms. The summed E-state index contributed by atoms with van der Waals surface area (Å²) in [5, 5.41) is 15.3. The third-order valence-electron chi connectivity index (χ3n) is 4.27. The fourth-order valence-electron chi connectivity index (χ4n) is 2.96. The molecule has 0 radical (unpaired) electrons. The van der Waals surface area contributed by atoms with Gasteiger partial charge in [0.2, 0.25) is 11.0 Å². The number of aromatic nitrogens is 4. The number of nitrogens with zero attached hydrogens (tertiary/aromatic N) is 5. The van der Waals surface area contributed by atoms with Gasteiger partial charge in [-0.3, -0.25) is 0 Å². The molecular formula is C17H18ClN5OS. The van der Waals surface area contributed by atoms with E-state index in [9.17, 15) is 0 Å². The van der Waals surface area contributed by atoms with Gasteiger partial charge in [-0.1, -0.05) is 60.1 Å². The SMILES string of the molecule is CC(C)c1nc(C2CCCN2c2nnc(-c3ccccc3Cl)s2)no1. The van der Waals surface area contributed by atoms with Crippen LogP contribution in [-0.4, -0.2) is 26.9 Å². The maximum atomic E-state index is 6.28. The lowest BCUT2D eigenvalue weighted by atomic mass is 10.2. The summed E-state index contributed by atoms with van der Waals surface area (Å²) in [6.07, 6.45) is 2.05. The van der Waals surface area contributed by atoms with Crippen LogP contribution in [-0.2, 0) is 0 Å². The summed E-state index contributed by atoms with van der Waals surface area (Å²) in [6, 6.07) is 7.77. The number of benzene rings is 1. The molecule has 0 saturated carbocycles.